The van der Waals surface area contributed by atoms with E-state index in [4.69, 9.17) is 9.84 Å². The number of halogens is 1. The maximum absolute atomic E-state index is 13.1. The number of carboxylic acids is 1. The van der Waals surface area contributed by atoms with Crippen molar-refractivity contribution in [2.45, 2.75) is 32.7 Å². The zero-order valence-electron chi connectivity index (χ0n) is 16.0. The zero-order chi connectivity index (χ0) is 20.3. The molecule has 0 aromatic heterocycles. The molecule has 0 amide bonds. The third-order valence-corrected chi connectivity index (χ3v) is 5.10. The van der Waals surface area contributed by atoms with E-state index < -0.39 is 5.97 Å². The number of carbonyl (C=O) groups excluding carboxylic acids is 1. The van der Waals surface area contributed by atoms with Crippen LogP contribution in [0.4, 0.5) is 4.39 Å². The van der Waals surface area contributed by atoms with Gasteiger partial charge in [-0.05, 0) is 49.2 Å². The van der Waals surface area contributed by atoms with Crippen molar-refractivity contribution < 1.29 is 23.8 Å². The molecular formula is C22H24FNO4. The van der Waals surface area contributed by atoms with Crippen LogP contribution >= 0.6 is 0 Å². The summed E-state index contributed by atoms with van der Waals surface area (Å²) in [6.07, 6.45) is 0.642. The summed E-state index contributed by atoms with van der Waals surface area (Å²) in [6, 6.07) is 11.5. The van der Waals surface area contributed by atoms with Crippen molar-refractivity contribution in [3.8, 4) is 11.5 Å². The maximum atomic E-state index is 13.1. The van der Waals surface area contributed by atoms with Crippen molar-refractivity contribution in [2.24, 2.45) is 5.92 Å². The molecule has 6 heteroatoms. The fraction of sp³-hybridized carbons (Fsp3) is 0.364. The predicted molar refractivity (Wildman–Crippen MR) is 103 cm³/mol. The minimum absolute atomic E-state index is 0.0542. The average Bonchev–Trinajstić information content (AvgIpc) is 2.61. The highest BCUT2D eigenvalue weighted by atomic mass is 19.1. The van der Waals surface area contributed by atoms with Gasteiger partial charge in [-0.2, -0.15) is 0 Å². The molecule has 1 N–H and O–H groups in total. The van der Waals surface area contributed by atoms with Crippen LogP contribution in [0.3, 0.4) is 0 Å². The summed E-state index contributed by atoms with van der Waals surface area (Å²) in [6.45, 7) is 5.20. The van der Waals surface area contributed by atoms with Crippen LogP contribution in [0.25, 0.3) is 0 Å². The minimum atomic E-state index is -0.761. The third kappa shape index (κ3) is 4.57. The molecule has 0 bridgehead atoms. The van der Waals surface area contributed by atoms with Crippen molar-refractivity contribution in [3.05, 3.63) is 59.4 Å². The normalized spacial score (nSPS) is 15.7. The Kier molecular flexibility index (Phi) is 6.09. The molecule has 0 aliphatic carbocycles. The van der Waals surface area contributed by atoms with Crippen LogP contribution in [0.2, 0.25) is 0 Å². The summed E-state index contributed by atoms with van der Waals surface area (Å²) < 4.78 is 19.1. The van der Waals surface area contributed by atoms with Crippen molar-refractivity contribution in [2.75, 3.05) is 13.1 Å². The van der Waals surface area contributed by atoms with E-state index in [-0.39, 0.29) is 23.4 Å². The Bertz CT molecular complexity index is 859. The standard InChI is InChI=1S/C22H24FNO4/c1-3-19(14(2)25)20-10-15(11-24-12-16(13-24)22(26)27)4-9-21(20)28-18-7-5-17(23)6-8-18/h4-10,16,19H,3,11-13H2,1-2H3,(H,26,27). The van der Waals surface area contributed by atoms with Gasteiger partial charge in [0.2, 0.25) is 0 Å². The summed E-state index contributed by atoms with van der Waals surface area (Å²) >= 11 is 0. The SMILES string of the molecule is CCC(C(C)=O)c1cc(CN2CC(C(=O)O)C2)ccc1Oc1ccc(F)cc1. The number of hydrogen-bond donors (Lipinski definition) is 1. The van der Waals surface area contributed by atoms with E-state index in [0.29, 0.717) is 37.6 Å². The monoisotopic (exact) mass is 385 g/mol. The van der Waals surface area contributed by atoms with Gasteiger partial charge in [0.15, 0.2) is 0 Å². The maximum Gasteiger partial charge on any atom is 0.309 e. The Morgan fingerprint density at radius 1 is 1.21 bits per heavy atom. The molecule has 1 fully saturated rings. The van der Waals surface area contributed by atoms with Crippen LogP contribution in [-0.4, -0.2) is 34.8 Å². The molecule has 3 rings (SSSR count). The quantitative estimate of drug-likeness (QED) is 0.737. The fourth-order valence-corrected chi connectivity index (χ4v) is 3.53. The van der Waals surface area contributed by atoms with Crippen LogP contribution in [-0.2, 0) is 16.1 Å². The van der Waals surface area contributed by atoms with Gasteiger partial charge in [-0.25, -0.2) is 4.39 Å². The number of carbonyl (C=O) groups is 2. The van der Waals surface area contributed by atoms with Gasteiger partial charge < -0.3 is 9.84 Å². The highest BCUT2D eigenvalue weighted by Gasteiger charge is 2.32. The van der Waals surface area contributed by atoms with E-state index in [1.54, 1.807) is 19.1 Å². The van der Waals surface area contributed by atoms with Crippen molar-refractivity contribution in [1.29, 1.82) is 0 Å². The van der Waals surface area contributed by atoms with E-state index in [9.17, 15) is 14.0 Å². The second kappa shape index (κ2) is 8.52. The predicted octanol–water partition coefficient (Wildman–Crippen LogP) is 4.22. The topological polar surface area (TPSA) is 66.8 Å². The molecule has 1 unspecified atom stereocenters. The van der Waals surface area contributed by atoms with Gasteiger partial charge in [-0.15, -0.1) is 0 Å². The molecule has 0 saturated carbocycles. The lowest BCUT2D eigenvalue weighted by Crippen LogP contribution is -2.49. The van der Waals surface area contributed by atoms with Gasteiger partial charge in [-0.3, -0.25) is 14.5 Å². The van der Waals surface area contributed by atoms with E-state index >= 15 is 0 Å². The van der Waals surface area contributed by atoms with Gasteiger partial charge in [0, 0.05) is 31.1 Å². The summed E-state index contributed by atoms with van der Waals surface area (Å²) in [5.74, 6) is -0.571. The molecule has 1 heterocycles. The number of nitrogens with zero attached hydrogens (tertiary/aromatic N) is 1. The highest BCUT2D eigenvalue weighted by Crippen LogP contribution is 2.34. The molecular weight excluding hydrogens is 361 g/mol. The Morgan fingerprint density at radius 2 is 1.89 bits per heavy atom. The fourth-order valence-electron chi connectivity index (χ4n) is 3.53. The van der Waals surface area contributed by atoms with Crippen LogP contribution < -0.4 is 4.74 Å². The minimum Gasteiger partial charge on any atom is -0.481 e. The van der Waals surface area contributed by atoms with Crippen LogP contribution in [0.5, 0.6) is 11.5 Å². The lowest BCUT2D eigenvalue weighted by molar-refractivity contribution is -0.147. The summed E-state index contributed by atoms with van der Waals surface area (Å²) in [4.78, 5) is 25.2. The molecule has 2 aromatic rings. The first-order valence-electron chi connectivity index (χ1n) is 9.39. The number of ketones is 1. The number of Topliss-reactive ketones (excluding diaryl/α,β-unsaturated/α-hetero) is 1. The van der Waals surface area contributed by atoms with E-state index in [2.05, 4.69) is 4.90 Å². The zero-order valence-corrected chi connectivity index (χ0v) is 16.0. The first kappa shape index (κ1) is 20.0. The van der Waals surface area contributed by atoms with Crippen LogP contribution in [0.1, 0.15) is 37.3 Å². The average molecular weight is 385 g/mol. The number of carboxylic acid groups (broad SMARTS) is 1. The second-order valence-corrected chi connectivity index (χ2v) is 7.23. The van der Waals surface area contributed by atoms with Gasteiger partial charge in [0.05, 0.1) is 5.92 Å². The first-order valence-corrected chi connectivity index (χ1v) is 9.39. The number of ether oxygens (including phenoxy) is 1. The van der Waals surface area contributed by atoms with Crippen LogP contribution in [0, 0.1) is 11.7 Å². The summed E-state index contributed by atoms with van der Waals surface area (Å²) in [5.41, 5.74) is 1.80. The lowest BCUT2D eigenvalue weighted by Gasteiger charge is -2.36. The Hall–Kier alpha value is -2.73. The lowest BCUT2D eigenvalue weighted by atomic mass is 9.90. The molecule has 1 atom stereocenters. The van der Waals surface area contributed by atoms with Crippen molar-refractivity contribution in [1.82, 2.24) is 4.90 Å². The van der Waals surface area contributed by atoms with E-state index in [1.165, 1.54) is 12.1 Å². The molecule has 148 valence electrons. The smallest absolute Gasteiger partial charge is 0.309 e. The number of hydrogen-bond acceptors (Lipinski definition) is 4. The molecule has 0 radical (unpaired) electrons. The van der Waals surface area contributed by atoms with Gasteiger partial charge in [0.25, 0.3) is 0 Å². The highest BCUT2D eigenvalue weighted by molar-refractivity contribution is 5.84. The Balaban J connectivity index is 1.83. The Labute approximate surface area is 163 Å². The molecule has 28 heavy (non-hydrogen) atoms. The van der Waals surface area contributed by atoms with Gasteiger partial charge in [0.1, 0.15) is 23.1 Å². The van der Waals surface area contributed by atoms with E-state index in [1.807, 2.05) is 25.1 Å². The number of rotatable bonds is 8. The molecule has 2 aromatic carbocycles. The largest absolute Gasteiger partial charge is 0.481 e. The van der Waals surface area contributed by atoms with E-state index in [0.717, 1.165) is 11.1 Å². The second-order valence-electron chi connectivity index (χ2n) is 7.23. The van der Waals surface area contributed by atoms with Crippen LogP contribution in [0.15, 0.2) is 42.5 Å². The number of aliphatic carboxylic acids is 1. The van der Waals surface area contributed by atoms with Crippen molar-refractivity contribution in [3.63, 3.8) is 0 Å². The summed E-state index contributed by atoms with van der Waals surface area (Å²) in [7, 11) is 0. The first-order chi connectivity index (χ1) is 13.4. The summed E-state index contributed by atoms with van der Waals surface area (Å²) in [5, 5.41) is 9.02. The van der Waals surface area contributed by atoms with Gasteiger partial charge >= 0.3 is 5.97 Å². The molecule has 1 saturated heterocycles. The van der Waals surface area contributed by atoms with Gasteiger partial charge in [-0.1, -0.05) is 19.1 Å². The number of benzene rings is 2. The number of likely N-dealkylation sites (tertiary alicyclic amines) is 1. The molecule has 5 nitrogen and oxygen atoms in total. The molecule has 1 aliphatic rings. The van der Waals surface area contributed by atoms with Crippen molar-refractivity contribution >= 4 is 11.8 Å². The molecule has 1 aliphatic heterocycles. The molecule has 0 spiro atoms. The third-order valence-electron chi connectivity index (χ3n) is 5.10. The Morgan fingerprint density at radius 3 is 2.46 bits per heavy atom.